The first-order valence-electron chi connectivity index (χ1n) is 6.82. The summed E-state index contributed by atoms with van der Waals surface area (Å²) in [6.07, 6.45) is -0.0608. The number of nitrogens with two attached hydrogens (primary N) is 1. The third-order valence-corrected chi connectivity index (χ3v) is 2.98. The Morgan fingerprint density at radius 3 is 2.24 bits per heavy atom. The lowest BCUT2D eigenvalue weighted by atomic mass is 9.85. The quantitative estimate of drug-likeness (QED) is 0.613. The smallest absolute Gasteiger partial charge is 0.333 e. The molecule has 1 atom stereocenters. The van der Waals surface area contributed by atoms with Crippen LogP contribution in [0, 0.1) is 0 Å². The minimum atomic E-state index is -1.46. The van der Waals surface area contributed by atoms with E-state index in [-0.39, 0.29) is 25.2 Å². The average Bonchev–Trinajstić information content (AvgIpc) is 2.48. The van der Waals surface area contributed by atoms with Crippen LogP contribution in [0.4, 0.5) is 0 Å². The predicted molar refractivity (Wildman–Crippen MR) is 79.3 cm³/mol. The summed E-state index contributed by atoms with van der Waals surface area (Å²) in [5.74, 6) is -1.16. The van der Waals surface area contributed by atoms with E-state index in [1.165, 1.54) is 0 Å². The number of carbonyl (C=O) groups excluding carboxylic acids is 2. The van der Waals surface area contributed by atoms with Crippen molar-refractivity contribution in [3.05, 3.63) is 48.0 Å². The van der Waals surface area contributed by atoms with Gasteiger partial charge in [0, 0.05) is 12.0 Å². The molecule has 21 heavy (non-hydrogen) atoms. The number of hydrogen-bond acceptors (Lipinski definition) is 5. The van der Waals surface area contributed by atoms with Crippen molar-refractivity contribution in [1.82, 2.24) is 0 Å². The summed E-state index contributed by atoms with van der Waals surface area (Å²) < 4.78 is 9.92. The van der Waals surface area contributed by atoms with Crippen LogP contribution in [0.1, 0.15) is 25.8 Å². The third kappa shape index (κ3) is 4.16. The number of ether oxygens (including phenoxy) is 2. The van der Waals surface area contributed by atoms with Crippen LogP contribution in [-0.2, 0) is 24.6 Å². The summed E-state index contributed by atoms with van der Waals surface area (Å²) in [6, 6.07) is 8.78. The highest BCUT2D eigenvalue weighted by atomic mass is 16.5. The first-order valence-corrected chi connectivity index (χ1v) is 6.82. The highest BCUT2D eigenvalue weighted by Crippen LogP contribution is 2.27. The van der Waals surface area contributed by atoms with E-state index in [0.29, 0.717) is 5.56 Å². The Balaban J connectivity index is 3.06. The number of benzene rings is 1. The van der Waals surface area contributed by atoms with Crippen molar-refractivity contribution in [2.45, 2.75) is 25.8 Å². The molecule has 1 aromatic rings. The van der Waals surface area contributed by atoms with Gasteiger partial charge in [-0.25, -0.2) is 9.59 Å². The maximum atomic E-state index is 12.2. The molecular formula is C16H21NO4. The lowest BCUT2D eigenvalue weighted by Gasteiger charge is -2.28. The molecule has 5 heteroatoms. The highest BCUT2D eigenvalue weighted by molar-refractivity contribution is 5.91. The lowest BCUT2D eigenvalue weighted by molar-refractivity contribution is -0.150. The van der Waals surface area contributed by atoms with Crippen LogP contribution in [0.5, 0.6) is 0 Å². The van der Waals surface area contributed by atoms with Gasteiger partial charge in [-0.3, -0.25) is 0 Å². The molecule has 0 amide bonds. The molecule has 0 radical (unpaired) electrons. The van der Waals surface area contributed by atoms with E-state index >= 15 is 0 Å². The molecule has 114 valence electrons. The van der Waals surface area contributed by atoms with E-state index in [9.17, 15) is 9.59 Å². The van der Waals surface area contributed by atoms with Gasteiger partial charge in [0.1, 0.15) is 5.54 Å². The van der Waals surface area contributed by atoms with Gasteiger partial charge in [-0.05, 0) is 19.4 Å². The van der Waals surface area contributed by atoms with Crippen LogP contribution in [0.3, 0.4) is 0 Å². The summed E-state index contributed by atoms with van der Waals surface area (Å²) in [6.45, 7) is 7.50. The second-order valence-electron chi connectivity index (χ2n) is 4.56. The zero-order chi connectivity index (χ0) is 15.9. The van der Waals surface area contributed by atoms with E-state index in [4.69, 9.17) is 15.2 Å². The molecular weight excluding hydrogens is 270 g/mol. The van der Waals surface area contributed by atoms with Crippen molar-refractivity contribution >= 4 is 11.9 Å². The molecule has 5 nitrogen and oxygen atoms in total. The van der Waals surface area contributed by atoms with E-state index < -0.39 is 17.5 Å². The fourth-order valence-electron chi connectivity index (χ4n) is 1.93. The second kappa shape index (κ2) is 7.59. The van der Waals surface area contributed by atoms with Crippen LogP contribution >= 0.6 is 0 Å². The van der Waals surface area contributed by atoms with E-state index in [0.717, 1.165) is 0 Å². The SMILES string of the molecule is C=C(CC(N)(C(=O)OCC)c1ccccc1)C(=O)OCC. The zero-order valence-electron chi connectivity index (χ0n) is 12.4. The van der Waals surface area contributed by atoms with E-state index in [1.54, 1.807) is 38.1 Å². The van der Waals surface area contributed by atoms with Crippen molar-refractivity contribution in [2.75, 3.05) is 13.2 Å². The van der Waals surface area contributed by atoms with Crippen molar-refractivity contribution in [1.29, 1.82) is 0 Å². The Morgan fingerprint density at radius 2 is 1.71 bits per heavy atom. The minimum absolute atomic E-state index is 0.0608. The number of rotatable bonds is 7. The van der Waals surface area contributed by atoms with Gasteiger partial charge in [0.2, 0.25) is 0 Å². The number of carbonyl (C=O) groups is 2. The second-order valence-corrected chi connectivity index (χ2v) is 4.56. The maximum absolute atomic E-state index is 12.2. The fourth-order valence-corrected chi connectivity index (χ4v) is 1.93. The summed E-state index contributed by atoms with van der Waals surface area (Å²) in [4.78, 5) is 23.9. The van der Waals surface area contributed by atoms with Crippen LogP contribution in [0.25, 0.3) is 0 Å². The Labute approximate surface area is 124 Å². The molecule has 0 heterocycles. The average molecular weight is 291 g/mol. The van der Waals surface area contributed by atoms with Crippen LogP contribution in [0.2, 0.25) is 0 Å². The van der Waals surface area contributed by atoms with Gasteiger partial charge in [0.05, 0.1) is 13.2 Å². The van der Waals surface area contributed by atoms with Crippen LogP contribution in [-0.4, -0.2) is 25.2 Å². The molecule has 0 fully saturated rings. The van der Waals surface area contributed by atoms with Gasteiger partial charge in [0.15, 0.2) is 0 Å². The van der Waals surface area contributed by atoms with Gasteiger partial charge in [-0.1, -0.05) is 36.9 Å². The summed E-state index contributed by atoms with van der Waals surface area (Å²) in [5.41, 5.74) is 5.48. The lowest BCUT2D eigenvalue weighted by Crippen LogP contribution is -2.47. The van der Waals surface area contributed by atoms with Gasteiger partial charge >= 0.3 is 11.9 Å². The normalized spacial score (nSPS) is 13.1. The monoisotopic (exact) mass is 291 g/mol. The molecule has 1 unspecified atom stereocenters. The minimum Gasteiger partial charge on any atom is -0.464 e. The number of esters is 2. The first kappa shape index (κ1) is 16.9. The number of hydrogen-bond donors (Lipinski definition) is 1. The van der Waals surface area contributed by atoms with Crippen LogP contribution in [0.15, 0.2) is 42.5 Å². The van der Waals surface area contributed by atoms with Crippen molar-refractivity contribution in [3.63, 3.8) is 0 Å². The Morgan fingerprint density at radius 1 is 1.14 bits per heavy atom. The third-order valence-electron chi connectivity index (χ3n) is 2.98. The zero-order valence-corrected chi connectivity index (χ0v) is 12.4. The molecule has 0 saturated heterocycles. The Hall–Kier alpha value is -2.14. The van der Waals surface area contributed by atoms with Crippen LogP contribution < -0.4 is 5.73 Å². The van der Waals surface area contributed by atoms with Gasteiger partial charge in [-0.2, -0.15) is 0 Å². The molecule has 1 rings (SSSR count). The molecule has 2 N–H and O–H groups in total. The molecule has 0 aliphatic rings. The highest BCUT2D eigenvalue weighted by Gasteiger charge is 2.39. The molecule has 1 aromatic carbocycles. The Bertz CT molecular complexity index is 512. The molecule has 0 bridgehead atoms. The van der Waals surface area contributed by atoms with E-state index in [1.807, 2.05) is 6.07 Å². The molecule has 0 spiro atoms. The summed E-state index contributed by atoms with van der Waals surface area (Å²) in [5, 5.41) is 0. The first-order chi connectivity index (χ1) is 9.95. The molecule has 0 aliphatic carbocycles. The predicted octanol–water partition coefficient (Wildman–Crippen LogP) is 1.91. The standard InChI is InChI=1S/C16H21NO4/c1-4-20-14(18)12(3)11-16(17,15(19)21-5-2)13-9-7-6-8-10-13/h6-10H,3-5,11,17H2,1-2H3. The van der Waals surface area contributed by atoms with Gasteiger partial charge in [-0.15, -0.1) is 0 Å². The topological polar surface area (TPSA) is 78.6 Å². The van der Waals surface area contributed by atoms with Crippen molar-refractivity contribution < 1.29 is 19.1 Å². The Kier molecular flexibility index (Phi) is 6.11. The fraction of sp³-hybridized carbons (Fsp3) is 0.375. The van der Waals surface area contributed by atoms with E-state index in [2.05, 4.69) is 6.58 Å². The van der Waals surface area contributed by atoms with Gasteiger partial charge < -0.3 is 15.2 Å². The summed E-state index contributed by atoms with van der Waals surface area (Å²) >= 11 is 0. The molecule has 0 aliphatic heterocycles. The van der Waals surface area contributed by atoms with Crippen molar-refractivity contribution in [3.8, 4) is 0 Å². The van der Waals surface area contributed by atoms with Crippen molar-refractivity contribution in [2.24, 2.45) is 5.73 Å². The maximum Gasteiger partial charge on any atom is 0.333 e. The largest absolute Gasteiger partial charge is 0.464 e. The van der Waals surface area contributed by atoms with Gasteiger partial charge in [0.25, 0.3) is 0 Å². The summed E-state index contributed by atoms with van der Waals surface area (Å²) in [7, 11) is 0. The molecule has 0 saturated carbocycles. The molecule has 0 aromatic heterocycles.